The molecule has 25 heavy (non-hydrogen) atoms. The predicted octanol–water partition coefficient (Wildman–Crippen LogP) is 2.52. The maximum absolute atomic E-state index is 12.4. The molecule has 6 nitrogen and oxygen atoms in total. The number of halogens is 3. The first-order chi connectivity index (χ1) is 11.2. The van der Waals surface area contributed by atoms with Gasteiger partial charge in [-0.1, -0.05) is 19.1 Å². The summed E-state index contributed by atoms with van der Waals surface area (Å²) in [5.74, 6) is -3.31. The second-order valence-electron chi connectivity index (χ2n) is 7.30. The van der Waals surface area contributed by atoms with E-state index < -0.39 is 41.0 Å². The van der Waals surface area contributed by atoms with Crippen LogP contribution in [0.4, 0.5) is 18.0 Å². The zero-order valence-electron chi connectivity index (χ0n) is 14.2. The summed E-state index contributed by atoms with van der Waals surface area (Å²) in [5, 5.41) is 1.76. The van der Waals surface area contributed by atoms with E-state index in [0.717, 1.165) is 4.90 Å². The largest absolute Gasteiger partial charge is 0.471 e. The van der Waals surface area contributed by atoms with Crippen LogP contribution in [-0.4, -0.2) is 41.1 Å². The van der Waals surface area contributed by atoms with Gasteiger partial charge in [-0.15, -0.1) is 0 Å². The lowest BCUT2D eigenvalue weighted by atomic mass is 9.76. The second-order valence-corrected chi connectivity index (χ2v) is 7.30. The SMILES string of the molecule is CC(C)(C)OC(=O)N1CC2(C)C=C(NC(=O)C(F)(F)F)C=CC2C1=O. The first-order valence-electron chi connectivity index (χ1n) is 7.56. The summed E-state index contributed by atoms with van der Waals surface area (Å²) >= 11 is 0. The van der Waals surface area contributed by atoms with Crippen LogP contribution >= 0.6 is 0 Å². The minimum Gasteiger partial charge on any atom is -0.443 e. The van der Waals surface area contributed by atoms with E-state index in [4.69, 9.17) is 4.74 Å². The molecule has 2 aliphatic rings. The maximum Gasteiger partial charge on any atom is 0.471 e. The Labute approximate surface area is 142 Å². The summed E-state index contributed by atoms with van der Waals surface area (Å²) in [7, 11) is 0. The zero-order valence-corrected chi connectivity index (χ0v) is 14.2. The highest BCUT2D eigenvalue weighted by Crippen LogP contribution is 2.42. The van der Waals surface area contributed by atoms with Crippen LogP contribution < -0.4 is 5.32 Å². The van der Waals surface area contributed by atoms with E-state index in [1.807, 2.05) is 0 Å². The Morgan fingerprint density at radius 1 is 1.32 bits per heavy atom. The number of amides is 3. The number of imide groups is 1. The van der Waals surface area contributed by atoms with Crippen molar-refractivity contribution in [2.24, 2.45) is 11.3 Å². The van der Waals surface area contributed by atoms with E-state index in [0.29, 0.717) is 0 Å². The standard InChI is InChI=1S/C16H19F3N2O4/c1-14(2,3)25-13(24)21-8-15(4)7-9(5-6-10(15)11(21)22)20-12(23)16(17,18)19/h5-7,10H,8H2,1-4H3,(H,20,23). The molecule has 1 fully saturated rings. The third-order valence-electron chi connectivity index (χ3n) is 3.82. The molecule has 0 aromatic rings. The van der Waals surface area contributed by atoms with Gasteiger partial charge in [-0.3, -0.25) is 9.59 Å². The summed E-state index contributed by atoms with van der Waals surface area (Å²) < 4.78 is 42.3. The molecule has 3 amide bonds. The van der Waals surface area contributed by atoms with Gasteiger partial charge < -0.3 is 10.1 Å². The quantitative estimate of drug-likeness (QED) is 0.780. The molecule has 9 heteroatoms. The maximum atomic E-state index is 12.4. The van der Waals surface area contributed by atoms with E-state index in [1.165, 1.54) is 18.2 Å². The molecule has 0 saturated carbocycles. The second kappa shape index (κ2) is 5.89. The molecule has 2 unspecified atom stereocenters. The Kier molecular flexibility index (Phi) is 4.48. The average molecular weight is 360 g/mol. The van der Waals surface area contributed by atoms with Crippen molar-refractivity contribution in [3.63, 3.8) is 0 Å². The first-order valence-corrected chi connectivity index (χ1v) is 7.56. The smallest absolute Gasteiger partial charge is 0.443 e. The van der Waals surface area contributed by atoms with Crippen LogP contribution in [0.25, 0.3) is 0 Å². The summed E-state index contributed by atoms with van der Waals surface area (Å²) in [6, 6.07) is 0. The van der Waals surface area contributed by atoms with Crippen molar-refractivity contribution in [3.8, 4) is 0 Å². The molecular formula is C16H19F3N2O4. The van der Waals surface area contributed by atoms with Gasteiger partial charge in [0.05, 0.1) is 5.92 Å². The fraction of sp³-hybridized carbons (Fsp3) is 0.562. The summed E-state index contributed by atoms with van der Waals surface area (Å²) in [6.45, 7) is 6.55. The van der Waals surface area contributed by atoms with Crippen molar-refractivity contribution in [2.75, 3.05) is 6.54 Å². The van der Waals surface area contributed by atoms with E-state index in [2.05, 4.69) is 0 Å². The molecule has 138 valence electrons. The monoisotopic (exact) mass is 360 g/mol. The lowest BCUT2D eigenvalue weighted by molar-refractivity contribution is -0.172. The molecule has 0 aromatic carbocycles. The van der Waals surface area contributed by atoms with Crippen molar-refractivity contribution in [2.45, 2.75) is 39.5 Å². The molecule has 0 radical (unpaired) electrons. The highest BCUT2D eigenvalue weighted by Gasteiger charge is 2.51. The predicted molar refractivity (Wildman–Crippen MR) is 81.0 cm³/mol. The number of hydrogen-bond donors (Lipinski definition) is 1. The lowest BCUT2D eigenvalue weighted by Gasteiger charge is -2.28. The molecule has 1 saturated heterocycles. The topological polar surface area (TPSA) is 75.7 Å². The number of hydrogen-bond acceptors (Lipinski definition) is 4. The van der Waals surface area contributed by atoms with Crippen molar-refractivity contribution in [1.82, 2.24) is 10.2 Å². The molecule has 2 atom stereocenters. The van der Waals surface area contributed by atoms with Gasteiger partial charge in [0.2, 0.25) is 5.91 Å². The third kappa shape index (κ3) is 4.02. The summed E-state index contributed by atoms with van der Waals surface area (Å²) in [6.07, 6.45) is -1.84. The molecule has 0 aromatic heterocycles. The Hall–Kier alpha value is -2.32. The van der Waals surface area contributed by atoms with Gasteiger partial charge in [0, 0.05) is 17.7 Å². The van der Waals surface area contributed by atoms with Gasteiger partial charge in [-0.05, 0) is 26.8 Å². The van der Waals surface area contributed by atoms with Crippen molar-refractivity contribution < 1.29 is 32.3 Å². The highest BCUT2D eigenvalue weighted by atomic mass is 19.4. The molecular weight excluding hydrogens is 341 g/mol. The summed E-state index contributed by atoms with van der Waals surface area (Å²) in [5.41, 5.74) is -1.79. The number of alkyl halides is 3. The minimum atomic E-state index is -5.01. The first kappa shape index (κ1) is 19.0. The summed E-state index contributed by atoms with van der Waals surface area (Å²) in [4.78, 5) is 36.6. The van der Waals surface area contributed by atoms with E-state index in [-0.39, 0.29) is 12.2 Å². The van der Waals surface area contributed by atoms with Crippen LogP contribution in [-0.2, 0) is 14.3 Å². The van der Waals surface area contributed by atoms with Gasteiger partial charge in [0.15, 0.2) is 0 Å². The molecule has 1 heterocycles. The van der Waals surface area contributed by atoms with Crippen LogP contribution in [0.3, 0.4) is 0 Å². The minimum absolute atomic E-state index is 0.0544. The number of carbonyl (C=O) groups is 3. The molecule has 1 N–H and O–H groups in total. The van der Waals surface area contributed by atoms with E-state index in [1.54, 1.807) is 33.0 Å². The number of allylic oxidation sites excluding steroid dienone is 1. The lowest BCUT2D eigenvalue weighted by Crippen LogP contribution is -2.38. The van der Waals surface area contributed by atoms with Gasteiger partial charge in [0.25, 0.3) is 0 Å². The normalized spacial score (nSPS) is 26.2. The zero-order chi connectivity index (χ0) is 19.2. The van der Waals surface area contributed by atoms with Crippen LogP contribution in [0, 0.1) is 11.3 Å². The highest BCUT2D eigenvalue weighted by molar-refractivity contribution is 5.97. The number of ether oxygens (including phenoxy) is 1. The van der Waals surface area contributed by atoms with Gasteiger partial charge in [-0.25, -0.2) is 9.69 Å². The fourth-order valence-electron chi connectivity index (χ4n) is 2.76. The van der Waals surface area contributed by atoms with Crippen LogP contribution in [0.15, 0.2) is 23.9 Å². The van der Waals surface area contributed by atoms with Gasteiger partial charge in [0.1, 0.15) is 5.60 Å². The third-order valence-corrected chi connectivity index (χ3v) is 3.82. The molecule has 0 bridgehead atoms. The van der Waals surface area contributed by atoms with Crippen LogP contribution in [0.5, 0.6) is 0 Å². The number of likely N-dealkylation sites (tertiary alicyclic amines) is 1. The van der Waals surface area contributed by atoms with Gasteiger partial charge in [-0.2, -0.15) is 13.2 Å². The Bertz CT molecular complexity index is 676. The Morgan fingerprint density at radius 2 is 1.92 bits per heavy atom. The van der Waals surface area contributed by atoms with Crippen LogP contribution in [0.1, 0.15) is 27.7 Å². The van der Waals surface area contributed by atoms with Crippen molar-refractivity contribution in [1.29, 1.82) is 0 Å². The Morgan fingerprint density at radius 3 is 2.44 bits per heavy atom. The number of carbonyl (C=O) groups excluding carboxylic acids is 3. The van der Waals surface area contributed by atoms with E-state index >= 15 is 0 Å². The van der Waals surface area contributed by atoms with Crippen molar-refractivity contribution >= 4 is 17.9 Å². The molecule has 1 aliphatic heterocycles. The van der Waals surface area contributed by atoms with Crippen LogP contribution in [0.2, 0.25) is 0 Å². The molecule has 1 aliphatic carbocycles. The number of fused-ring (bicyclic) bond motifs is 1. The van der Waals surface area contributed by atoms with E-state index in [9.17, 15) is 27.6 Å². The fourth-order valence-corrected chi connectivity index (χ4v) is 2.76. The average Bonchev–Trinajstić information content (AvgIpc) is 2.67. The number of nitrogens with one attached hydrogen (secondary N) is 1. The number of nitrogens with zero attached hydrogens (tertiary/aromatic N) is 1. The van der Waals surface area contributed by atoms with Gasteiger partial charge >= 0.3 is 18.2 Å². The molecule has 0 spiro atoms. The number of rotatable bonds is 1. The Balaban J connectivity index is 2.19. The molecule has 2 rings (SSSR count). The van der Waals surface area contributed by atoms with Crippen molar-refractivity contribution in [3.05, 3.63) is 23.9 Å².